The minimum atomic E-state index is -0.388. The molecule has 0 radical (unpaired) electrons. The van der Waals surface area contributed by atoms with Gasteiger partial charge in [0.25, 0.3) is 0 Å². The third-order valence-corrected chi connectivity index (χ3v) is 4.50. The maximum absolute atomic E-state index is 12.1. The van der Waals surface area contributed by atoms with Crippen molar-refractivity contribution in [1.82, 2.24) is 4.90 Å². The average Bonchev–Trinajstić information content (AvgIpc) is 2.58. The number of rotatable bonds is 2. The number of nitrogens with zero attached hydrogens (tertiary/aromatic N) is 1. The van der Waals surface area contributed by atoms with E-state index in [0.717, 1.165) is 24.9 Å². The van der Waals surface area contributed by atoms with Crippen LogP contribution >= 0.6 is 0 Å². The molecule has 1 aliphatic heterocycles. The first-order valence-electron chi connectivity index (χ1n) is 5.80. The lowest BCUT2D eigenvalue weighted by Gasteiger charge is -2.30. The van der Waals surface area contributed by atoms with Gasteiger partial charge in [-0.15, -0.1) is 0 Å². The molecule has 0 aromatic carbocycles. The lowest BCUT2D eigenvalue weighted by atomic mass is 9.91. The van der Waals surface area contributed by atoms with Gasteiger partial charge in [0.2, 0.25) is 5.91 Å². The van der Waals surface area contributed by atoms with Gasteiger partial charge in [0.15, 0.2) is 0 Å². The molecule has 0 aromatic heterocycles. The highest BCUT2D eigenvalue weighted by Gasteiger charge is 2.63. The van der Waals surface area contributed by atoms with Crippen molar-refractivity contribution in [3.8, 4) is 0 Å². The van der Waals surface area contributed by atoms with Crippen LogP contribution in [0.15, 0.2) is 0 Å². The molecule has 1 heterocycles. The first-order chi connectivity index (χ1) is 6.80. The summed E-state index contributed by atoms with van der Waals surface area (Å²) >= 11 is 0. The second-order valence-electron chi connectivity index (χ2n) is 6.33. The van der Waals surface area contributed by atoms with Crippen LogP contribution in [-0.4, -0.2) is 30.4 Å². The first kappa shape index (κ1) is 10.9. The number of hydrogen-bond donors (Lipinski definition) is 1. The molecule has 0 bridgehead atoms. The first-order valence-corrected chi connectivity index (χ1v) is 5.80. The van der Waals surface area contributed by atoms with E-state index in [0.29, 0.717) is 12.0 Å². The van der Waals surface area contributed by atoms with Gasteiger partial charge in [-0.1, -0.05) is 13.8 Å². The fourth-order valence-corrected chi connectivity index (χ4v) is 2.81. The Balaban J connectivity index is 1.98. The summed E-state index contributed by atoms with van der Waals surface area (Å²) in [5.41, 5.74) is 5.71. The number of fused-ring (bicyclic) bond motifs is 1. The molecule has 2 aliphatic rings. The third kappa shape index (κ3) is 1.48. The molecule has 2 rings (SSSR count). The summed E-state index contributed by atoms with van der Waals surface area (Å²) in [5, 5.41) is 0. The lowest BCUT2D eigenvalue weighted by molar-refractivity contribution is -0.139. The predicted molar refractivity (Wildman–Crippen MR) is 60.2 cm³/mol. The van der Waals surface area contributed by atoms with Gasteiger partial charge in [-0.2, -0.15) is 0 Å². The number of carbonyl (C=O) groups excluding carboxylic acids is 1. The topological polar surface area (TPSA) is 46.3 Å². The van der Waals surface area contributed by atoms with Crippen molar-refractivity contribution in [2.75, 3.05) is 19.6 Å². The van der Waals surface area contributed by atoms with E-state index in [2.05, 4.69) is 13.8 Å². The highest BCUT2D eigenvalue weighted by atomic mass is 16.2. The van der Waals surface area contributed by atoms with E-state index in [1.165, 1.54) is 0 Å². The Hall–Kier alpha value is -0.570. The molecule has 1 amide bonds. The molecular weight excluding hydrogens is 188 g/mol. The number of hydrogen-bond acceptors (Lipinski definition) is 2. The van der Waals surface area contributed by atoms with Crippen LogP contribution in [0.3, 0.4) is 0 Å². The molecule has 2 atom stereocenters. The van der Waals surface area contributed by atoms with Crippen LogP contribution in [0.2, 0.25) is 0 Å². The van der Waals surface area contributed by atoms with Gasteiger partial charge in [-0.05, 0) is 31.1 Å². The maximum atomic E-state index is 12.1. The Morgan fingerprint density at radius 3 is 2.27 bits per heavy atom. The monoisotopic (exact) mass is 210 g/mol. The Labute approximate surface area is 92.0 Å². The zero-order chi connectivity index (χ0) is 11.4. The minimum Gasteiger partial charge on any atom is -0.342 e. The van der Waals surface area contributed by atoms with Crippen LogP contribution in [0, 0.1) is 22.7 Å². The van der Waals surface area contributed by atoms with Crippen molar-refractivity contribution in [2.45, 2.75) is 27.7 Å². The standard InChI is InChI=1S/C12H22N2O/c1-11(2,7-13)10(15)14-5-8-9(6-14)12(8,3)4/h8-9H,5-7,13H2,1-4H3. The second-order valence-corrected chi connectivity index (χ2v) is 6.33. The molecule has 2 fully saturated rings. The molecule has 15 heavy (non-hydrogen) atoms. The van der Waals surface area contributed by atoms with Gasteiger partial charge in [-0.3, -0.25) is 4.79 Å². The van der Waals surface area contributed by atoms with Crippen LogP contribution in [-0.2, 0) is 4.79 Å². The number of carbonyl (C=O) groups is 1. The third-order valence-electron chi connectivity index (χ3n) is 4.50. The van der Waals surface area contributed by atoms with Crippen LogP contribution < -0.4 is 5.73 Å². The molecule has 2 unspecified atom stereocenters. The van der Waals surface area contributed by atoms with Crippen LogP contribution in [0.4, 0.5) is 0 Å². The number of amides is 1. The Morgan fingerprint density at radius 1 is 1.40 bits per heavy atom. The van der Waals surface area contributed by atoms with Crippen molar-refractivity contribution in [1.29, 1.82) is 0 Å². The van der Waals surface area contributed by atoms with E-state index in [4.69, 9.17) is 5.73 Å². The summed E-state index contributed by atoms with van der Waals surface area (Å²) in [6, 6.07) is 0. The molecule has 3 heteroatoms. The fraction of sp³-hybridized carbons (Fsp3) is 0.917. The van der Waals surface area contributed by atoms with E-state index in [1.54, 1.807) is 0 Å². The van der Waals surface area contributed by atoms with Crippen LogP contribution in [0.1, 0.15) is 27.7 Å². The minimum absolute atomic E-state index is 0.230. The molecule has 1 saturated heterocycles. The van der Waals surface area contributed by atoms with Gasteiger partial charge in [0, 0.05) is 19.6 Å². The van der Waals surface area contributed by atoms with Crippen LogP contribution in [0.25, 0.3) is 0 Å². The van der Waals surface area contributed by atoms with E-state index in [-0.39, 0.29) is 11.3 Å². The quantitative estimate of drug-likeness (QED) is 0.741. The maximum Gasteiger partial charge on any atom is 0.229 e. The van der Waals surface area contributed by atoms with E-state index in [9.17, 15) is 4.79 Å². The normalized spacial score (nSPS) is 32.7. The van der Waals surface area contributed by atoms with Crippen molar-refractivity contribution in [3.63, 3.8) is 0 Å². The smallest absolute Gasteiger partial charge is 0.229 e. The summed E-state index contributed by atoms with van der Waals surface area (Å²) in [7, 11) is 0. The summed E-state index contributed by atoms with van der Waals surface area (Å²) in [6.45, 7) is 10.8. The number of nitrogens with two attached hydrogens (primary N) is 1. The van der Waals surface area contributed by atoms with Crippen molar-refractivity contribution in [2.24, 2.45) is 28.4 Å². The SMILES string of the molecule is CC(C)(CN)C(=O)N1CC2C(C1)C2(C)C. The molecule has 2 N–H and O–H groups in total. The summed E-state index contributed by atoms with van der Waals surface area (Å²) < 4.78 is 0. The van der Waals surface area contributed by atoms with Gasteiger partial charge >= 0.3 is 0 Å². The molecular formula is C12H22N2O. The Kier molecular flexibility index (Phi) is 2.16. The zero-order valence-electron chi connectivity index (χ0n) is 10.2. The predicted octanol–water partition coefficient (Wildman–Crippen LogP) is 1.09. The van der Waals surface area contributed by atoms with Crippen molar-refractivity contribution in [3.05, 3.63) is 0 Å². The summed E-state index contributed by atoms with van der Waals surface area (Å²) in [6.07, 6.45) is 0. The lowest BCUT2D eigenvalue weighted by Crippen LogP contribution is -2.45. The van der Waals surface area contributed by atoms with Crippen LogP contribution in [0.5, 0.6) is 0 Å². The van der Waals surface area contributed by atoms with Gasteiger partial charge in [0.05, 0.1) is 5.41 Å². The molecule has 3 nitrogen and oxygen atoms in total. The van der Waals surface area contributed by atoms with Crippen molar-refractivity contribution < 1.29 is 4.79 Å². The fourth-order valence-electron chi connectivity index (χ4n) is 2.81. The highest BCUT2D eigenvalue weighted by molar-refractivity contribution is 5.82. The number of piperidine rings is 1. The van der Waals surface area contributed by atoms with Gasteiger partial charge in [0.1, 0.15) is 0 Å². The Bertz CT molecular complexity index is 282. The van der Waals surface area contributed by atoms with Gasteiger partial charge in [-0.25, -0.2) is 0 Å². The summed E-state index contributed by atoms with van der Waals surface area (Å²) in [4.78, 5) is 14.1. The Morgan fingerprint density at radius 2 is 1.87 bits per heavy atom. The van der Waals surface area contributed by atoms with Gasteiger partial charge < -0.3 is 10.6 Å². The average molecular weight is 210 g/mol. The zero-order valence-corrected chi connectivity index (χ0v) is 10.2. The number of likely N-dealkylation sites (tertiary alicyclic amines) is 1. The summed E-state index contributed by atoms with van der Waals surface area (Å²) in [5.74, 6) is 1.69. The van der Waals surface area contributed by atoms with E-state index < -0.39 is 0 Å². The molecule has 0 spiro atoms. The largest absolute Gasteiger partial charge is 0.342 e. The highest BCUT2D eigenvalue weighted by Crippen LogP contribution is 2.62. The molecule has 86 valence electrons. The van der Waals surface area contributed by atoms with E-state index >= 15 is 0 Å². The molecule has 1 saturated carbocycles. The van der Waals surface area contributed by atoms with E-state index in [1.807, 2.05) is 18.7 Å². The molecule has 0 aromatic rings. The second kappa shape index (κ2) is 2.97. The van der Waals surface area contributed by atoms with Crippen molar-refractivity contribution >= 4 is 5.91 Å². The molecule has 1 aliphatic carbocycles.